The highest BCUT2D eigenvalue weighted by Gasteiger charge is 2.19. The van der Waals surface area contributed by atoms with E-state index in [2.05, 4.69) is 18.8 Å². The van der Waals surface area contributed by atoms with Crippen LogP contribution in [0.3, 0.4) is 0 Å². The SMILES string of the molecule is CC(=O)C(c1ccncc1)C(C)C. The van der Waals surface area contributed by atoms with Gasteiger partial charge < -0.3 is 0 Å². The van der Waals surface area contributed by atoms with Crippen molar-refractivity contribution in [2.45, 2.75) is 26.7 Å². The summed E-state index contributed by atoms with van der Waals surface area (Å²) in [6, 6.07) is 3.82. The molecule has 0 radical (unpaired) electrons. The second-order valence-electron chi connectivity index (χ2n) is 3.61. The van der Waals surface area contributed by atoms with Crippen molar-refractivity contribution in [1.29, 1.82) is 0 Å². The average Bonchev–Trinajstić information content (AvgIpc) is 2.04. The van der Waals surface area contributed by atoms with E-state index in [1.54, 1.807) is 19.3 Å². The summed E-state index contributed by atoms with van der Waals surface area (Å²) in [6.45, 7) is 5.77. The molecule has 13 heavy (non-hydrogen) atoms. The van der Waals surface area contributed by atoms with Gasteiger partial charge in [0.25, 0.3) is 0 Å². The highest BCUT2D eigenvalue weighted by molar-refractivity contribution is 5.83. The molecule has 1 atom stereocenters. The molecule has 0 aromatic carbocycles. The van der Waals surface area contributed by atoms with Crippen LogP contribution in [0.25, 0.3) is 0 Å². The molecule has 1 aromatic rings. The third kappa shape index (κ3) is 2.38. The molecule has 0 aliphatic rings. The fourth-order valence-electron chi connectivity index (χ4n) is 1.66. The second kappa shape index (κ2) is 4.17. The van der Waals surface area contributed by atoms with Gasteiger partial charge in [0, 0.05) is 18.3 Å². The highest BCUT2D eigenvalue weighted by atomic mass is 16.1. The Morgan fingerprint density at radius 1 is 1.31 bits per heavy atom. The van der Waals surface area contributed by atoms with Crippen LogP contribution >= 0.6 is 0 Å². The van der Waals surface area contributed by atoms with Gasteiger partial charge in [0.1, 0.15) is 5.78 Å². The van der Waals surface area contributed by atoms with Crippen LogP contribution in [0.1, 0.15) is 32.3 Å². The van der Waals surface area contributed by atoms with Crippen molar-refractivity contribution < 1.29 is 4.79 Å². The number of rotatable bonds is 3. The van der Waals surface area contributed by atoms with Crippen LogP contribution in [-0.4, -0.2) is 10.8 Å². The maximum atomic E-state index is 11.4. The minimum absolute atomic E-state index is 0.0167. The minimum Gasteiger partial charge on any atom is -0.299 e. The molecule has 0 saturated heterocycles. The molecule has 2 nitrogen and oxygen atoms in total. The molecule has 1 aromatic heterocycles. The van der Waals surface area contributed by atoms with Crippen molar-refractivity contribution in [2.24, 2.45) is 5.92 Å². The third-order valence-electron chi connectivity index (χ3n) is 2.17. The lowest BCUT2D eigenvalue weighted by Crippen LogP contribution is -2.15. The van der Waals surface area contributed by atoms with Crippen LogP contribution in [-0.2, 0) is 4.79 Å². The van der Waals surface area contributed by atoms with Gasteiger partial charge in [-0.1, -0.05) is 13.8 Å². The Kier molecular flexibility index (Phi) is 3.18. The van der Waals surface area contributed by atoms with E-state index in [1.165, 1.54) is 0 Å². The number of hydrogen-bond acceptors (Lipinski definition) is 2. The number of Topliss-reactive ketones (excluding diaryl/α,β-unsaturated/α-hetero) is 1. The molecule has 0 saturated carbocycles. The molecule has 1 rings (SSSR count). The Hall–Kier alpha value is -1.18. The molecule has 0 fully saturated rings. The van der Waals surface area contributed by atoms with Crippen LogP contribution in [0, 0.1) is 5.92 Å². The van der Waals surface area contributed by atoms with Gasteiger partial charge in [-0.2, -0.15) is 0 Å². The van der Waals surface area contributed by atoms with E-state index in [4.69, 9.17) is 0 Å². The molecule has 0 aliphatic carbocycles. The number of ketones is 1. The zero-order chi connectivity index (χ0) is 9.84. The third-order valence-corrected chi connectivity index (χ3v) is 2.17. The summed E-state index contributed by atoms with van der Waals surface area (Å²) < 4.78 is 0. The van der Waals surface area contributed by atoms with E-state index in [9.17, 15) is 4.79 Å². The highest BCUT2D eigenvalue weighted by Crippen LogP contribution is 2.24. The maximum Gasteiger partial charge on any atom is 0.137 e. The normalized spacial score (nSPS) is 12.9. The molecular formula is C11H15NO. The Labute approximate surface area is 79.0 Å². The molecule has 0 amide bonds. The lowest BCUT2D eigenvalue weighted by molar-refractivity contribution is -0.119. The smallest absolute Gasteiger partial charge is 0.137 e. The van der Waals surface area contributed by atoms with Gasteiger partial charge in [-0.05, 0) is 30.5 Å². The van der Waals surface area contributed by atoms with E-state index < -0.39 is 0 Å². The Morgan fingerprint density at radius 2 is 1.85 bits per heavy atom. The monoisotopic (exact) mass is 177 g/mol. The predicted octanol–water partition coefficient (Wildman–Crippen LogP) is 2.41. The maximum absolute atomic E-state index is 11.4. The van der Waals surface area contributed by atoms with Crippen LogP contribution in [0.15, 0.2) is 24.5 Å². The fourth-order valence-corrected chi connectivity index (χ4v) is 1.66. The summed E-state index contributed by atoms with van der Waals surface area (Å²) in [5, 5.41) is 0. The quantitative estimate of drug-likeness (QED) is 0.709. The number of carbonyl (C=O) groups excluding carboxylic acids is 1. The molecule has 1 heterocycles. The van der Waals surface area contributed by atoms with Crippen molar-refractivity contribution in [3.8, 4) is 0 Å². The fraction of sp³-hybridized carbons (Fsp3) is 0.455. The number of nitrogens with zero attached hydrogens (tertiary/aromatic N) is 1. The van der Waals surface area contributed by atoms with E-state index in [1.807, 2.05) is 12.1 Å². The molecule has 0 spiro atoms. The summed E-state index contributed by atoms with van der Waals surface area (Å²) in [4.78, 5) is 15.3. The van der Waals surface area contributed by atoms with Crippen LogP contribution in [0.2, 0.25) is 0 Å². The van der Waals surface area contributed by atoms with Crippen molar-refractivity contribution in [2.75, 3.05) is 0 Å². The van der Waals surface area contributed by atoms with Gasteiger partial charge in [-0.25, -0.2) is 0 Å². The first-order valence-electron chi connectivity index (χ1n) is 4.53. The summed E-state index contributed by atoms with van der Waals surface area (Å²) in [6.07, 6.45) is 3.46. The summed E-state index contributed by atoms with van der Waals surface area (Å²) in [5.74, 6) is 0.587. The number of hydrogen-bond donors (Lipinski definition) is 0. The van der Waals surface area contributed by atoms with Gasteiger partial charge in [0.2, 0.25) is 0 Å². The number of pyridine rings is 1. The largest absolute Gasteiger partial charge is 0.299 e. The first-order chi connectivity index (χ1) is 6.13. The standard InChI is InChI=1S/C11H15NO/c1-8(2)11(9(3)13)10-4-6-12-7-5-10/h4-8,11H,1-3H3. The molecule has 1 unspecified atom stereocenters. The van der Waals surface area contributed by atoms with Crippen LogP contribution in [0.5, 0.6) is 0 Å². The van der Waals surface area contributed by atoms with E-state index in [-0.39, 0.29) is 11.7 Å². The van der Waals surface area contributed by atoms with Crippen LogP contribution in [0.4, 0.5) is 0 Å². The van der Waals surface area contributed by atoms with E-state index in [0.717, 1.165) is 5.56 Å². The van der Waals surface area contributed by atoms with Crippen LogP contribution < -0.4 is 0 Å². The lowest BCUT2D eigenvalue weighted by Gasteiger charge is -2.17. The molecule has 70 valence electrons. The molecule has 2 heteroatoms. The Balaban J connectivity index is 2.96. The second-order valence-corrected chi connectivity index (χ2v) is 3.61. The van der Waals surface area contributed by atoms with Crippen molar-refractivity contribution in [3.63, 3.8) is 0 Å². The number of carbonyl (C=O) groups is 1. The van der Waals surface area contributed by atoms with Gasteiger partial charge in [0.15, 0.2) is 0 Å². The average molecular weight is 177 g/mol. The Morgan fingerprint density at radius 3 is 2.23 bits per heavy atom. The molecule has 0 bridgehead atoms. The zero-order valence-electron chi connectivity index (χ0n) is 8.32. The van der Waals surface area contributed by atoms with Gasteiger partial charge in [0.05, 0.1) is 0 Å². The first-order valence-corrected chi connectivity index (χ1v) is 4.53. The van der Waals surface area contributed by atoms with Crippen molar-refractivity contribution in [3.05, 3.63) is 30.1 Å². The summed E-state index contributed by atoms with van der Waals surface area (Å²) in [7, 11) is 0. The topological polar surface area (TPSA) is 30.0 Å². The predicted molar refractivity (Wildman–Crippen MR) is 52.5 cm³/mol. The summed E-state index contributed by atoms with van der Waals surface area (Å²) in [5.41, 5.74) is 1.07. The minimum atomic E-state index is 0.0167. The van der Waals surface area contributed by atoms with Gasteiger partial charge in [-0.15, -0.1) is 0 Å². The lowest BCUT2D eigenvalue weighted by atomic mass is 9.86. The van der Waals surface area contributed by atoms with E-state index >= 15 is 0 Å². The van der Waals surface area contributed by atoms with Gasteiger partial charge in [-0.3, -0.25) is 9.78 Å². The summed E-state index contributed by atoms with van der Waals surface area (Å²) >= 11 is 0. The van der Waals surface area contributed by atoms with Crippen molar-refractivity contribution >= 4 is 5.78 Å². The van der Waals surface area contributed by atoms with E-state index in [0.29, 0.717) is 5.92 Å². The molecular weight excluding hydrogens is 162 g/mol. The van der Waals surface area contributed by atoms with Gasteiger partial charge >= 0.3 is 0 Å². The molecule has 0 N–H and O–H groups in total. The van der Waals surface area contributed by atoms with Crippen molar-refractivity contribution in [1.82, 2.24) is 4.98 Å². The first kappa shape index (κ1) is 9.90. The zero-order valence-corrected chi connectivity index (χ0v) is 8.32. The number of aromatic nitrogens is 1. The molecule has 0 aliphatic heterocycles. The Bertz CT molecular complexity index is 279.